The van der Waals surface area contributed by atoms with E-state index in [9.17, 15) is 9.59 Å². The van der Waals surface area contributed by atoms with Crippen LogP contribution in [0, 0.1) is 6.92 Å². The van der Waals surface area contributed by atoms with E-state index in [1.54, 1.807) is 12.3 Å². The Morgan fingerprint density at radius 3 is 2.71 bits per heavy atom. The lowest BCUT2D eigenvalue weighted by atomic mass is 10.1. The summed E-state index contributed by atoms with van der Waals surface area (Å²) in [5.41, 5.74) is 3.39. The number of H-pyrrole nitrogens is 1. The summed E-state index contributed by atoms with van der Waals surface area (Å²) in [5, 5.41) is 19.8. The number of carbonyl (C=O) groups is 1. The van der Waals surface area contributed by atoms with Crippen LogP contribution in [-0.4, -0.2) is 41.1 Å². The average Bonchev–Trinajstić information content (AvgIpc) is 3.53. The van der Waals surface area contributed by atoms with Gasteiger partial charge in [-0.15, -0.1) is 5.10 Å². The van der Waals surface area contributed by atoms with Crippen LogP contribution in [0.25, 0.3) is 11.0 Å². The zero-order valence-electron chi connectivity index (χ0n) is 18.8. The Morgan fingerprint density at radius 1 is 1.18 bits per heavy atom. The second-order valence-electron chi connectivity index (χ2n) is 8.51. The first kappa shape index (κ1) is 21.7. The number of hydrogen-bond donors (Lipinski definition) is 3. The molecule has 0 saturated heterocycles. The normalized spacial score (nSPS) is 13.9. The van der Waals surface area contributed by atoms with Crippen molar-refractivity contribution in [3.63, 3.8) is 0 Å². The lowest BCUT2D eigenvalue weighted by Gasteiger charge is -2.17. The molecule has 34 heavy (non-hydrogen) atoms. The van der Waals surface area contributed by atoms with Crippen molar-refractivity contribution in [2.75, 3.05) is 10.6 Å². The monoisotopic (exact) mass is 459 g/mol. The summed E-state index contributed by atoms with van der Waals surface area (Å²) in [4.78, 5) is 34.0. The molecule has 0 spiro atoms. The van der Waals surface area contributed by atoms with Gasteiger partial charge in [0.15, 0.2) is 0 Å². The van der Waals surface area contributed by atoms with Gasteiger partial charge < -0.3 is 5.32 Å². The molecular formula is C23H25N9O2. The second kappa shape index (κ2) is 9.38. The average molecular weight is 460 g/mol. The Morgan fingerprint density at radius 2 is 1.97 bits per heavy atom. The molecule has 4 aromatic rings. The smallest absolute Gasteiger partial charge is 0.269 e. The van der Waals surface area contributed by atoms with E-state index >= 15 is 0 Å². The molecule has 0 unspecified atom stereocenters. The van der Waals surface area contributed by atoms with Gasteiger partial charge in [0.05, 0.1) is 0 Å². The fourth-order valence-electron chi connectivity index (χ4n) is 4.39. The summed E-state index contributed by atoms with van der Waals surface area (Å²) in [6, 6.07) is 9.60. The highest BCUT2D eigenvalue weighted by Gasteiger charge is 2.21. The van der Waals surface area contributed by atoms with Gasteiger partial charge in [-0.2, -0.15) is 10.2 Å². The highest BCUT2D eigenvalue weighted by molar-refractivity contribution is 5.88. The maximum absolute atomic E-state index is 12.8. The van der Waals surface area contributed by atoms with Crippen molar-refractivity contribution < 1.29 is 4.79 Å². The number of anilines is 3. The molecule has 0 aliphatic heterocycles. The molecule has 1 aromatic carbocycles. The standard InChI is InChI=1S/C23H25N9O2/c1-14-12-20(34)32(17-4-2-3-5-17)21-18(14)13-24-22(27-21)25-16-9-6-15(7-10-16)8-11-19(33)26-23-28-30-31-29-23/h6-7,9-10,12-13,17H,2-5,8,11H2,1H3,(H,24,25,27)(H2,26,28,29,30,31,33). The predicted molar refractivity (Wildman–Crippen MR) is 127 cm³/mol. The SMILES string of the molecule is Cc1cc(=O)n(C2CCCC2)c2nc(Nc3ccc(CCC(=O)Nc4nn[nH]n4)cc3)ncc12. The zero-order chi connectivity index (χ0) is 23.5. The molecule has 3 aromatic heterocycles. The summed E-state index contributed by atoms with van der Waals surface area (Å²) >= 11 is 0. The summed E-state index contributed by atoms with van der Waals surface area (Å²) in [6.07, 6.45) is 6.92. The predicted octanol–water partition coefficient (Wildman–Crippen LogP) is 3.04. The molecule has 1 fully saturated rings. The van der Waals surface area contributed by atoms with Crippen molar-refractivity contribution in [1.82, 2.24) is 35.2 Å². The maximum Gasteiger partial charge on any atom is 0.269 e. The summed E-state index contributed by atoms with van der Waals surface area (Å²) in [6.45, 7) is 1.92. The third kappa shape index (κ3) is 4.63. The van der Waals surface area contributed by atoms with Crippen LogP contribution in [0.15, 0.2) is 41.3 Å². The van der Waals surface area contributed by atoms with Gasteiger partial charge in [0.2, 0.25) is 11.9 Å². The molecule has 174 valence electrons. The van der Waals surface area contributed by atoms with E-state index in [2.05, 4.69) is 36.2 Å². The fourth-order valence-corrected chi connectivity index (χ4v) is 4.39. The molecule has 1 saturated carbocycles. The number of amides is 1. The van der Waals surface area contributed by atoms with Gasteiger partial charge in [-0.25, -0.2) is 4.98 Å². The lowest BCUT2D eigenvalue weighted by molar-refractivity contribution is -0.116. The number of tetrazole rings is 1. The first-order valence-corrected chi connectivity index (χ1v) is 11.3. The van der Waals surface area contributed by atoms with E-state index in [0.29, 0.717) is 24.4 Å². The van der Waals surface area contributed by atoms with Crippen LogP contribution in [0.1, 0.15) is 49.3 Å². The van der Waals surface area contributed by atoms with Crippen molar-refractivity contribution in [2.45, 2.75) is 51.5 Å². The fraction of sp³-hybridized carbons (Fsp3) is 0.348. The quantitative estimate of drug-likeness (QED) is 0.383. The van der Waals surface area contributed by atoms with Gasteiger partial charge in [-0.05, 0) is 54.7 Å². The van der Waals surface area contributed by atoms with E-state index < -0.39 is 0 Å². The molecule has 0 radical (unpaired) electrons. The minimum Gasteiger partial charge on any atom is -0.324 e. The summed E-state index contributed by atoms with van der Waals surface area (Å²) < 4.78 is 1.84. The van der Waals surface area contributed by atoms with Crippen LogP contribution in [-0.2, 0) is 11.2 Å². The number of rotatable bonds is 7. The maximum atomic E-state index is 12.8. The number of fused-ring (bicyclic) bond motifs is 1. The van der Waals surface area contributed by atoms with E-state index in [-0.39, 0.29) is 23.5 Å². The number of nitrogens with one attached hydrogen (secondary N) is 3. The van der Waals surface area contributed by atoms with Crippen LogP contribution in [0.5, 0.6) is 0 Å². The van der Waals surface area contributed by atoms with E-state index in [1.165, 1.54) is 0 Å². The van der Waals surface area contributed by atoms with Crippen molar-refractivity contribution in [3.8, 4) is 0 Å². The largest absolute Gasteiger partial charge is 0.324 e. The number of carbonyl (C=O) groups excluding carboxylic acids is 1. The van der Waals surface area contributed by atoms with Gasteiger partial charge in [-0.1, -0.05) is 30.1 Å². The molecule has 11 nitrogen and oxygen atoms in total. The molecule has 1 aliphatic rings. The molecule has 0 bridgehead atoms. The van der Waals surface area contributed by atoms with Crippen molar-refractivity contribution in [1.29, 1.82) is 0 Å². The van der Waals surface area contributed by atoms with Crippen molar-refractivity contribution >= 4 is 34.5 Å². The molecule has 3 N–H and O–H groups in total. The highest BCUT2D eigenvalue weighted by atomic mass is 16.1. The Balaban J connectivity index is 1.29. The van der Waals surface area contributed by atoms with Crippen LogP contribution in [0.3, 0.4) is 0 Å². The van der Waals surface area contributed by atoms with Gasteiger partial charge in [0, 0.05) is 35.8 Å². The number of nitrogens with zero attached hydrogens (tertiary/aromatic N) is 6. The third-order valence-electron chi connectivity index (χ3n) is 6.14. The van der Waals surface area contributed by atoms with Gasteiger partial charge in [0.25, 0.3) is 11.5 Å². The minimum atomic E-state index is -0.184. The molecule has 1 aliphatic carbocycles. The minimum absolute atomic E-state index is 0.00530. The Labute approximate surface area is 195 Å². The van der Waals surface area contributed by atoms with Gasteiger partial charge in [0.1, 0.15) is 5.65 Å². The lowest BCUT2D eigenvalue weighted by Crippen LogP contribution is -2.24. The molecular weight excluding hydrogens is 434 g/mol. The topological polar surface area (TPSA) is 143 Å². The second-order valence-corrected chi connectivity index (χ2v) is 8.51. The van der Waals surface area contributed by atoms with Crippen LogP contribution in [0.2, 0.25) is 0 Å². The zero-order valence-corrected chi connectivity index (χ0v) is 18.8. The van der Waals surface area contributed by atoms with Crippen molar-refractivity contribution in [3.05, 3.63) is 58.0 Å². The van der Waals surface area contributed by atoms with Crippen molar-refractivity contribution in [2.24, 2.45) is 0 Å². The Kier molecular flexibility index (Phi) is 5.98. The number of aromatic amines is 1. The number of aromatic nitrogens is 7. The number of aryl methyl sites for hydroxylation is 2. The van der Waals surface area contributed by atoms with Gasteiger partial charge >= 0.3 is 0 Å². The molecule has 0 atom stereocenters. The van der Waals surface area contributed by atoms with Crippen LogP contribution < -0.4 is 16.2 Å². The van der Waals surface area contributed by atoms with Crippen LogP contribution in [0.4, 0.5) is 17.6 Å². The first-order valence-electron chi connectivity index (χ1n) is 11.3. The first-order chi connectivity index (χ1) is 16.6. The highest BCUT2D eigenvalue weighted by Crippen LogP contribution is 2.31. The third-order valence-corrected chi connectivity index (χ3v) is 6.14. The molecule has 1 amide bonds. The summed E-state index contributed by atoms with van der Waals surface area (Å²) in [7, 11) is 0. The number of pyridine rings is 1. The van der Waals surface area contributed by atoms with E-state index in [4.69, 9.17) is 4.98 Å². The number of benzene rings is 1. The summed E-state index contributed by atoms with van der Waals surface area (Å²) in [5.74, 6) is 0.418. The van der Waals surface area contributed by atoms with Crippen LogP contribution >= 0.6 is 0 Å². The van der Waals surface area contributed by atoms with E-state index in [1.807, 2.05) is 35.8 Å². The van der Waals surface area contributed by atoms with E-state index in [0.717, 1.165) is 47.9 Å². The Bertz CT molecular complexity index is 1360. The molecule has 3 heterocycles. The molecule has 11 heteroatoms. The molecule has 5 rings (SSSR count). The van der Waals surface area contributed by atoms with Gasteiger partial charge in [-0.3, -0.25) is 19.5 Å². The Hall–Kier alpha value is -4.15. The number of hydrogen-bond acceptors (Lipinski definition) is 8.